The standard InChI is InChI=1S/C14H14Br2N2O2S/c1-8-4-3-5-9(2)13(8)18-21(19,20)14-11(16)6-10(15)7-12(14)17/h3-7,18H,17H2,1-2H3. The third kappa shape index (κ3) is 3.41. The molecule has 0 aliphatic heterocycles. The van der Waals surface area contributed by atoms with Gasteiger partial charge in [-0.15, -0.1) is 0 Å². The minimum Gasteiger partial charge on any atom is -0.398 e. The maximum Gasteiger partial charge on any atom is 0.265 e. The summed E-state index contributed by atoms with van der Waals surface area (Å²) in [4.78, 5) is 0.0355. The quantitative estimate of drug-likeness (QED) is 0.712. The van der Waals surface area contributed by atoms with Gasteiger partial charge in [0.2, 0.25) is 0 Å². The number of nitrogens with one attached hydrogen (secondary N) is 1. The summed E-state index contributed by atoms with van der Waals surface area (Å²) in [6.45, 7) is 3.70. The highest BCUT2D eigenvalue weighted by atomic mass is 79.9. The largest absolute Gasteiger partial charge is 0.398 e. The van der Waals surface area contributed by atoms with Gasteiger partial charge in [-0.1, -0.05) is 34.1 Å². The number of hydrogen-bond acceptors (Lipinski definition) is 3. The van der Waals surface area contributed by atoms with E-state index in [9.17, 15) is 8.42 Å². The lowest BCUT2D eigenvalue weighted by atomic mass is 10.1. The highest BCUT2D eigenvalue weighted by Gasteiger charge is 2.23. The van der Waals surface area contributed by atoms with Crippen molar-refractivity contribution in [2.45, 2.75) is 18.7 Å². The molecule has 0 unspecified atom stereocenters. The monoisotopic (exact) mass is 432 g/mol. The molecule has 0 fully saturated rings. The van der Waals surface area contributed by atoms with Crippen molar-refractivity contribution in [3.05, 3.63) is 50.4 Å². The molecule has 0 bridgehead atoms. The summed E-state index contributed by atoms with van der Waals surface area (Å²) in [6.07, 6.45) is 0. The molecular formula is C14H14Br2N2O2S. The SMILES string of the molecule is Cc1cccc(C)c1NS(=O)(=O)c1c(N)cc(Br)cc1Br. The zero-order valence-corrected chi connectivity index (χ0v) is 15.4. The number of benzene rings is 2. The predicted octanol–water partition coefficient (Wildman–Crippen LogP) is 4.21. The van der Waals surface area contributed by atoms with Crippen LogP contribution in [0.3, 0.4) is 0 Å². The van der Waals surface area contributed by atoms with E-state index < -0.39 is 10.0 Å². The molecule has 0 amide bonds. The fourth-order valence-electron chi connectivity index (χ4n) is 2.02. The van der Waals surface area contributed by atoms with Gasteiger partial charge >= 0.3 is 0 Å². The van der Waals surface area contributed by atoms with Gasteiger partial charge in [0.05, 0.1) is 11.4 Å². The number of rotatable bonds is 3. The van der Waals surface area contributed by atoms with Crippen molar-refractivity contribution in [1.29, 1.82) is 0 Å². The van der Waals surface area contributed by atoms with Crippen molar-refractivity contribution < 1.29 is 8.42 Å². The first-order valence-corrected chi connectivity index (χ1v) is 9.13. The molecule has 4 nitrogen and oxygen atoms in total. The Morgan fingerprint density at radius 2 is 1.67 bits per heavy atom. The maximum atomic E-state index is 12.6. The van der Waals surface area contributed by atoms with Crippen molar-refractivity contribution in [2.24, 2.45) is 0 Å². The molecule has 0 aromatic heterocycles. The van der Waals surface area contributed by atoms with Gasteiger partial charge in [0.1, 0.15) is 4.90 Å². The van der Waals surface area contributed by atoms with Crippen LogP contribution in [-0.2, 0) is 10.0 Å². The Morgan fingerprint density at radius 1 is 1.10 bits per heavy atom. The molecule has 112 valence electrons. The molecule has 0 heterocycles. The molecule has 2 aromatic rings. The zero-order chi connectivity index (χ0) is 15.8. The molecule has 0 aliphatic rings. The van der Waals surface area contributed by atoms with Crippen LogP contribution in [0, 0.1) is 13.8 Å². The van der Waals surface area contributed by atoms with Gasteiger partial charge in [0.15, 0.2) is 0 Å². The lowest BCUT2D eigenvalue weighted by molar-refractivity contribution is 0.601. The number of halogens is 2. The van der Waals surface area contributed by atoms with Crippen LogP contribution >= 0.6 is 31.9 Å². The molecular weight excluding hydrogens is 420 g/mol. The van der Waals surface area contributed by atoms with Crippen molar-refractivity contribution in [1.82, 2.24) is 0 Å². The summed E-state index contributed by atoms with van der Waals surface area (Å²) in [5.74, 6) is 0. The molecule has 0 radical (unpaired) electrons. The van der Waals surface area contributed by atoms with Gasteiger partial charge in [-0.05, 0) is 53.0 Å². The molecule has 0 spiro atoms. The Balaban J connectivity index is 2.54. The average Bonchev–Trinajstić information content (AvgIpc) is 2.32. The Labute approximate surface area is 141 Å². The van der Waals surface area contributed by atoms with Crippen LogP contribution in [0.15, 0.2) is 44.2 Å². The number of anilines is 2. The lowest BCUT2D eigenvalue weighted by Gasteiger charge is -2.15. The third-order valence-corrected chi connectivity index (χ3v) is 5.84. The average molecular weight is 434 g/mol. The van der Waals surface area contributed by atoms with E-state index in [0.717, 1.165) is 11.1 Å². The van der Waals surface area contributed by atoms with E-state index in [0.29, 0.717) is 14.6 Å². The van der Waals surface area contributed by atoms with E-state index in [-0.39, 0.29) is 10.6 Å². The van der Waals surface area contributed by atoms with Gasteiger partial charge in [-0.2, -0.15) is 0 Å². The van der Waals surface area contributed by atoms with Crippen molar-refractivity contribution in [3.8, 4) is 0 Å². The van der Waals surface area contributed by atoms with Crippen LogP contribution in [0.25, 0.3) is 0 Å². The van der Waals surface area contributed by atoms with Crippen molar-refractivity contribution in [3.63, 3.8) is 0 Å². The van der Waals surface area contributed by atoms with E-state index in [1.807, 2.05) is 32.0 Å². The summed E-state index contributed by atoms with van der Waals surface area (Å²) < 4.78 is 29.0. The van der Waals surface area contributed by atoms with Gasteiger partial charge in [0, 0.05) is 8.95 Å². The van der Waals surface area contributed by atoms with Crippen LogP contribution in [0.2, 0.25) is 0 Å². The van der Waals surface area contributed by atoms with Crippen molar-refractivity contribution >= 4 is 53.3 Å². The first kappa shape index (κ1) is 16.3. The van der Waals surface area contributed by atoms with Gasteiger partial charge in [-0.25, -0.2) is 8.42 Å². The molecule has 21 heavy (non-hydrogen) atoms. The lowest BCUT2D eigenvalue weighted by Crippen LogP contribution is -2.17. The Hall–Kier alpha value is -1.05. The minimum atomic E-state index is -3.78. The minimum absolute atomic E-state index is 0.0355. The number of sulfonamides is 1. The fraction of sp³-hybridized carbons (Fsp3) is 0.143. The summed E-state index contributed by atoms with van der Waals surface area (Å²) in [5.41, 5.74) is 8.31. The smallest absolute Gasteiger partial charge is 0.265 e. The summed E-state index contributed by atoms with van der Waals surface area (Å²) in [6, 6.07) is 8.79. The highest BCUT2D eigenvalue weighted by molar-refractivity contribution is 9.11. The number of para-hydroxylation sites is 1. The predicted molar refractivity (Wildman–Crippen MR) is 93.0 cm³/mol. The second-order valence-electron chi connectivity index (χ2n) is 4.68. The molecule has 3 N–H and O–H groups in total. The van der Waals surface area contributed by atoms with E-state index in [4.69, 9.17) is 5.73 Å². The normalized spacial score (nSPS) is 11.4. The first-order valence-electron chi connectivity index (χ1n) is 6.06. The van der Waals surface area contributed by atoms with Gasteiger partial charge in [0.25, 0.3) is 10.0 Å². The molecule has 0 saturated heterocycles. The molecule has 0 atom stereocenters. The molecule has 7 heteroatoms. The fourth-order valence-corrected chi connectivity index (χ4v) is 5.30. The number of nitrogens with two attached hydrogens (primary N) is 1. The van der Waals surface area contributed by atoms with E-state index in [2.05, 4.69) is 36.6 Å². The first-order chi connectivity index (χ1) is 9.72. The van der Waals surface area contributed by atoms with Gasteiger partial charge in [-0.3, -0.25) is 4.72 Å². The Morgan fingerprint density at radius 3 is 2.19 bits per heavy atom. The topological polar surface area (TPSA) is 72.2 Å². The number of nitrogen functional groups attached to an aromatic ring is 1. The van der Waals surface area contributed by atoms with Gasteiger partial charge < -0.3 is 5.73 Å². The van der Waals surface area contributed by atoms with Crippen LogP contribution in [0.1, 0.15) is 11.1 Å². The second kappa shape index (κ2) is 5.98. The summed E-state index contributed by atoms with van der Waals surface area (Å²) >= 11 is 6.53. The molecule has 2 rings (SSSR count). The zero-order valence-electron chi connectivity index (χ0n) is 11.4. The maximum absolute atomic E-state index is 12.6. The van der Waals surface area contributed by atoms with Crippen LogP contribution in [0.5, 0.6) is 0 Å². The Bertz CT molecular complexity index is 761. The summed E-state index contributed by atoms with van der Waals surface area (Å²) in [7, 11) is -3.78. The van der Waals surface area contributed by atoms with Crippen LogP contribution < -0.4 is 10.5 Å². The van der Waals surface area contributed by atoms with E-state index in [1.165, 1.54) is 0 Å². The molecule has 0 aliphatic carbocycles. The number of aryl methyl sites for hydroxylation is 2. The molecule has 2 aromatic carbocycles. The number of hydrogen-bond donors (Lipinski definition) is 2. The Kier molecular flexibility index (Phi) is 4.65. The second-order valence-corrected chi connectivity index (χ2v) is 8.07. The van der Waals surface area contributed by atoms with E-state index >= 15 is 0 Å². The summed E-state index contributed by atoms with van der Waals surface area (Å²) in [5, 5.41) is 0. The molecule has 0 saturated carbocycles. The third-order valence-electron chi connectivity index (χ3n) is 3.02. The van der Waals surface area contributed by atoms with Crippen molar-refractivity contribution in [2.75, 3.05) is 10.5 Å². The van der Waals surface area contributed by atoms with Crippen LogP contribution in [-0.4, -0.2) is 8.42 Å². The van der Waals surface area contributed by atoms with E-state index in [1.54, 1.807) is 12.1 Å². The highest BCUT2D eigenvalue weighted by Crippen LogP contribution is 2.33. The van der Waals surface area contributed by atoms with Crippen LogP contribution in [0.4, 0.5) is 11.4 Å².